The van der Waals surface area contributed by atoms with Crippen LogP contribution in [0.1, 0.15) is 11.5 Å². The van der Waals surface area contributed by atoms with Crippen molar-refractivity contribution in [3.8, 4) is 0 Å². The summed E-state index contributed by atoms with van der Waals surface area (Å²) in [5, 5.41) is 8.74. The summed E-state index contributed by atoms with van der Waals surface area (Å²) >= 11 is 3.24. The van der Waals surface area contributed by atoms with Crippen LogP contribution in [-0.2, 0) is 0 Å². The van der Waals surface area contributed by atoms with E-state index in [4.69, 9.17) is 5.11 Å². The molecular weight excluding hydrogens is 254 g/mol. The van der Waals surface area contributed by atoms with E-state index in [-0.39, 0.29) is 0 Å². The highest BCUT2D eigenvalue weighted by Gasteiger charge is 2.68. The lowest BCUT2D eigenvalue weighted by molar-refractivity contribution is 0.0785. The molecule has 0 amide bonds. The van der Waals surface area contributed by atoms with Gasteiger partial charge in [-0.2, -0.15) is 0 Å². The normalized spacial score (nSPS) is 28.9. The SMILES string of the molecule is OCC1C(c2ccc(Br)cc2)C1(F)F. The van der Waals surface area contributed by atoms with Crippen molar-refractivity contribution in [1.82, 2.24) is 0 Å². The van der Waals surface area contributed by atoms with Crippen molar-refractivity contribution in [2.75, 3.05) is 6.61 Å². The molecule has 0 bridgehead atoms. The molecule has 76 valence electrons. The highest BCUT2D eigenvalue weighted by atomic mass is 79.9. The number of hydrogen-bond acceptors (Lipinski definition) is 1. The van der Waals surface area contributed by atoms with Gasteiger partial charge in [0.2, 0.25) is 0 Å². The Bertz CT molecular complexity index is 336. The third-order valence-corrected chi connectivity index (χ3v) is 3.16. The first-order chi connectivity index (χ1) is 6.57. The lowest BCUT2D eigenvalue weighted by Crippen LogP contribution is -1.97. The van der Waals surface area contributed by atoms with Crippen LogP contribution in [0, 0.1) is 5.92 Å². The van der Waals surface area contributed by atoms with E-state index in [1.807, 2.05) is 0 Å². The predicted octanol–water partition coefficient (Wildman–Crippen LogP) is 2.79. The molecule has 0 heterocycles. The second-order valence-corrected chi connectivity index (χ2v) is 4.41. The van der Waals surface area contributed by atoms with E-state index in [0.717, 1.165) is 4.47 Å². The van der Waals surface area contributed by atoms with Crippen molar-refractivity contribution < 1.29 is 13.9 Å². The highest BCUT2D eigenvalue weighted by molar-refractivity contribution is 9.10. The molecule has 0 aromatic heterocycles. The molecule has 1 aromatic rings. The van der Waals surface area contributed by atoms with Crippen LogP contribution < -0.4 is 0 Å². The molecule has 1 nitrogen and oxygen atoms in total. The van der Waals surface area contributed by atoms with E-state index in [1.165, 1.54) is 0 Å². The predicted molar refractivity (Wildman–Crippen MR) is 52.4 cm³/mol. The lowest BCUT2D eigenvalue weighted by atomic mass is 10.1. The summed E-state index contributed by atoms with van der Waals surface area (Å²) in [6, 6.07) is 6.80. The van der Waals surface area contributed by atoms with Crippen molar-refractivity contribution >= 4 is 15.9 Å². The van der Waals surface area contributed by atoms with Crippen LogP contribution in [-0.4, -0.2) is 17.6 Å². The van der Waals surface area contributed by atoms with Gasteiger partial charge in [-0.25, -0.2) is 8.78 Å². The number of hydrogen-bond donors (Lipinski definition) is 1. The number of halogens is 3. The third-order valence-electron chi connectivity index (χ3n) is 2.63. The Morgan fingerprint density at radius 3 is 2.29 bits per heavy atom. The van der Waals surface area contributed by atoms with Crippen LogP contribution in [0.2, 0.25) is 0 Å². The van der Waals surface area contributed by atoms with Crippen molar-refractivity contribution in [2.45, 2.75) is 11.8 Å². The zero-order valence-electron chi connectivity index (χ0n) is 7.25. The molecule has 1 fully saturated rings. The Kier molecular flexibility index (Phi) is 2.35. The van der Waals surface area contributed by atoms with E-state index in [0.29, 0.717) is 5.56 Å². The summed E-state index contributed by atoms with van der Waals surface area (Å²) < 4.78 is 27.0. The van der Waals surface area contributed by atoms with Gasteiger partial charge in [0.15, 0.2) is 0 Å². The van der Waals surface area contributed by atoms with Crippen LogP contribution in [0.3, 0.4) is 0 Å². The molecule has 0 radical (unpaired) electrons. The molecule has 0 spiro atoms. The summed E-state index contributed by atoms with van der Waals surface area (Å²) in [6.07, 6.45) is 0. The zero-order valence-corrected chi connectivity index (χ0v) is 8.84. The second-order valence-electron chi connectivity index (χ2n) is 3.49. The van der Waals surface area contributed by atoms with Gasteiger partial charge in [-0.05, 0) is 17.7 Å². The fourth-order valence-corrected chi connectivity index (χ4v) is 2.01. The van der Waals surface area contributed by atoms with E-state index >= 15 is 0 Å². The Hall–Kier alpha value is -0.480. The van der Waals surface area contributed by atoms with Crippen molar-refractivity contribution in [1.29, 1.82) is 0 Å². The van der Waals surface area contributed by atoms with Gasteiger partial charge in [-0.3, -0.25) is 0 Å². The molecule has 14 heavy (non-hydrogen) atoms. The summed E-state index contributed by atoms with van der Waals surface area (Å²) in [5.41, 5.74) is 0.595. The molecular formula is C10H9BrF2O. The van der Waals surface area contributed by atoms with Crippen LogP contribution in [0.25, 0.3) is 0 Å². The van der Waals surface area contributed by atoms with Gasteiger partial charge in [0.25, 0.3) is 5.92 Å². The number of aliphatic hydroxyl groups excluding tert-OH is 1. The maximum Gasteiger partial charge on any atom is 0.261 e. The lowest BCUT2D eigenvalue weighted by Gasteiger charge is -1.98. The minimum Gasteiger partial charge on any atom is -0.396 e. The van der Waals surface area contributed by atoms with Gasteiger partial charge in [0.05, 0.1) is 18.4 Å². The maximum atomic E-state index is 13.1. The van der Waals surface area contributed by atoms with E-state index in [9.17, 15) is 8.78 Å². The molecule has 4 heteroatoms. The first-order valence-corrected chi connectivity index (χ1v) is 5.11. The molecule has 1 aromatic carbocycles. The Labute approximate surface area is 88.9 Å². The number of alkyl halides is 2. The quantitative estimate of drug-likeness (QED) is 0.869. The average molecular weight is 263 g/mol. The summed E-state index contributed by atoms with van der Waals surface area (Å²) in [7, 11) is 0. The zero-order chi connectivity index (χ0) is 10.3. The first kappa shape index (κ1) is 10.1. The minimum absolute atomic E-state index is 0.451. The topological polar surface area (TPSA) is 20.2 Å². The van der Waals surface area contributed by atoms with E-state index in [2.05, 4.69) is 15.9 Å². The number of aliphatic hydroxyl groups is 1. The maximum absolute atomic E-state index is 13.1. The van der Waals surface area contributed by atoms with Crippen LogP contribution >= 0.6 is 15.9 Å². The van der Waals surface area contributed by atoms with Crippen molar-refractivity contribution in [3.05, 3.63) is 34.3 Å². The second kappa shape index (κ2) is 3.28. The molecule has 1 N–H and O–H groups in total. The van der Waals surface area contributed by atoms with Gasteiger partial charge in [0, 0.05) is 4.47 Å². The summed E-state index contributed by atoms with van der Waals surface area (Å²) in [6.45, 7) is -0.451. The Morgan fingerprint density at radius 1 is 1.29 bits per heavy atom. The fourth-order valence-electron chi connectivity index (χ4n) is 1.74. The monoisotopic (exact) mass is 262 g/mol. The first-order valence-electron chi connectivity index (χ1n) is 4.31. The van der Waals surface area contributed by atoms with Gasteiger partial charge in [-0.1, -0.05) is 28.1 Å². The smallest absolute Gasteiger partial charge is 0.261 e. The van der Waals surface area contributed by atoms with Gasteiger partial charge in [-0.15, -0.1) is 0 Å². The van der Waals surface area contributed by atoms with E-state index in [1.54, 1.807) is 24.3 Å². The molecule has 2 atom stereocenters. The number of benzene rings is 1. The summed E-state index contributed by atoms with van der Waals surface area (Å²) in [4.78, 5) is 0. The van der Waals surface area contributed by atoms with Crippen molar-refractivity contribution in [2.24, 2.45) is 5.92 Å². The number of rotatable bonds is 2. The van der Waals surface area contributed by atoms with E-state index < -0.39 is 24.4 Å². The van der Waals surface area contributed by atoms with Crippen LogP contribution in [0.5, 0.6) is 0 Å². The molecule has 0 aliphatic heterocycles. The van der Waals surface area contributed by atoms with Gasteiger partial charge < -0.3 is 5.11 Å². The Morgan fingerprint density at radius 2 is 1.86 bits per heavy atom. The fraction of sp³-hybridized carbons (Fsp3) is 0.400. The molecule has 1 aliphatic carbocycles. The largest absolute Gasteiger partial charge is 0.396 e. The van der Waals surface area contributed by atoms with Crippen LogP contribution in [0.4, 0.5) is 8.78 Å². The molecule has 1 saturated carbocycles. The van der Waals surface area contributed by atoms with Crippen molar-refractivity contribution in [3.63, 3.8) is 0 Å². The summed E-state index contributed by atoms with van der Waals surface area (Å²) in [5.74, 6) is -4.44. The molecule has 2 rings (SSSR count). The third kappa shape index (κ3) is 1.46. The molecule has 2 unspecified atom stereocenters. The minimum atomic E-state index is -2.73. The average Bonchev–Trinajstić information content (AvgIpc) is 2.69. The van der Waals surface area contributed by atoms with Crippen LogP contribution in [0.15, 0.2) is 28.7 Å². The standard InChI is InChI=1S/C10H9BrF2O/c11-7-3-1-6(2-4-7)9-8(5-14)10(9,12)13/h1-4,8-9,14H,5H2. The van der Waals surface area contributed by atoms with Gasteiger partial charge in [0.1, 0.15) is 0 Å². The highest BCUT2D eigenvalue weighted by Crippen LogP contribution is 2.61. The van der Waals surface area contributed by atoms with Gasteiger partial charge >= 0.3 is 0 Å². The Balaban J connectivity index is 2.22. The molecule has 0 saturated heterocycles. The molecule has 1 aliphatic rings.